The van der Waals surface area contributed by atoms with Gasteiger partial charge in [0, 0.05) is 24.1 Å². The predicted octanol–water partition coefficient (Wildman–Crippen LogP) is 2.19. The van der Waals surface area contributed by atoms with Gasteiger partial charge in [-0.3, -0.25) is 0 Å². The lowest BCUT2D eigenvalue weighted by molar-refractivity contribution is 0.415. The first-order chi connectivity index (χ1) is 5.81. The largest absolute Gasteiger partial charge is 0.497 e. The number of rotatable bonds is 1. The van der Waals surface area contributed by atoms with Crippen molar-refractivity contribution in [1.29, 1.82) is 0 Å². The Morgan fingerprint density at radius 1 is 1.25 bits per heavy atom. The summed E-state index contributed by atoms with van der Waals surface area (Å²) in [5.41, 5.74) is 1.23. The zero-order valence-electron chi connectivity index (χ0n) is 7.24. The van der Waals surface area contributed by atoms with Gasteiger partial charge in [-0.15, -0.1) is 0 Å². The average Bonchev–Trinajstić information content (AvgIpc) is 2.47. The Morgan fingerprint density at radius 3 is 2.83 bits per heavy atom. The van der Waals surface area contributed by atoms with Gasteiger partial charge in [-0.25, -0.2) is 0 Å². The molecule has 2 nitrogen and oxygen atoms in total. The molecule has 0 fully saturated rings. The summed E-state index contributed by atoms with van der Waals surface area (Å²) >= 11 is 0. The molecule has 0 aliphatic carbocycles. The number of ether oxygens (including phenoxy) is 1. The van der Waals surface area contributed by atoms with Crippen LogP contribution in [0.1, 0.15) is 0 Å². The molecule has 0 aliphatic rings. The molecular formula is C10H11NO. The quantitative estimate of drug-likeness (QED) is 0.625. The number of nitrogens with zero attached hydrogens (tertiary/aromatic N) is 1. The van der Waals surface area contributed by atoms with Gasteiger partial charge in [0.05, 0.1) is 7.11 Å². The van der Waals surface area contributed by atoms with Crippen molar-refractivity contribution in [1.82, 2.24) is 4.57 Å². The summed E-state index contributed by atoms with van der Waals surface area (Å²) < 4.78 is 7.21. The highest BCUT2D eigenvalue weighted by Gasteiger charge is 1.98. The maximum Gasteiger partial charge on any atom is 0.119 e. The lowest BCUT2D eigenvalue weighted by Crippen LogP contribution is -1.84. The second-order valence-corrected chi connectivity index (χ2v) is 2.85. The van der Waals surface area contributed by atoms with Crippen LogP contribution in [0, 0.1) is 0 Å². The molecule has 0 unspecified atom stereocenters. The van der Waals surface area contributed by atoms with Crippen LogP contribution in [0.2, 0.25) is 0 Å². The van der Waals surface area contributed by atoms with Crippen molar-refractivity contribution in [3.05, 3.63) is 30.5 Å². The summed E-state index contributed by atoms with van der Waals surface area (Å²) in [4.78, 5) is 0. The van der Waals surface area contributed by atoms with Crippen molar-refractivity contribution in [2.75, 3.05) is 7.11 Å². The molecule has 0 saturated carbocycles. The predicted molar refractivity (Wildman–Crippen MR) is 49.5 cm³/mol. The van der Waals surface area contributed by atoms with E-state index in [0.717, 1.165) is 5.75 Å². The molecule has 1 heterocycles. The summed E-state index contributed by atoms with van der Waals surface area (Å²) in [6.07, 6.45) is 2.05. The van der Waals surface area contributed by atoms with Gasteiger partial charge in [0.1, 0.15) is 5.75 Å². The van der Waals surface area contributed by atoms with E-state index in [4.69, 9.17) is 4.74 Å². The van der Waals surface area contributed by atoms with E-state index in [2.05, 4.69) is 16.7 Å². The van der Waals surface area contributed by atoms with Crippen molar-refractivity contribution in [3.63, 3.8) is 0 Å². The lowest BCUT2D eigenvalue weighted by Gasteiger charge is -1.99. The van der Waals surface area contributed by atoms with Gasteiger partial charge in [-0.1, -0.05) is 0 Å². The Bertz CT molecular complexity index is 403. The van der Waals surface area contributed by atoms with E-state index >= 15 is 0 Å². The summed E-state index contributed by atoms with van der Waals surface area (Å²) in [5, 5.41) is 1.22. The molecule has 0 bridgehead atoms. The van der Waals surface area contributed by atoms with Crippen molar-refractivity contribution >= 4 is 10.9 Å². The molecule has 0 amide bonds. The standard InChI is InChI=1S/C10H11NO/c1-11-6-5-8-7-9(12-2)3-4-10(8)11/h3-7H,1-2H3. The van der Waals surface area contributed by atoms with Gasteiger partial charge >= 0.3 is 0 Å². The summed E-state index contributed by atoms with van der Waals surface area (Å²) in [5.74, 6) is 0.911. The minimum atomic E-state index is 0.911. The van der Waals surface area contributed by atoms with Gasteiger partial charge in [-0.05, 0) is 24.3 Å². The molecule has 0 spiro atoms. The Kier molecular flexibility index (Phi) is 1.54. The molecule has 1 aromatic heterocycles. The van der Waals surface area contributed by atoms with Gasteiger partial charge in [0.15, 0.2) is 0 Å². The minimum Gasteiger partial charge on any atom is -0.497 e. The zero-order valence-corrected chi connectivity index (χ0v) is 7.24. The molecule has 0 aliphatic heterocycles. The molecule has 2 aromatic rings. The normalized spacial score (nSPS) is 10.5. The number of aromatic nitrogens is 1. The van der Waals surface area contributed by atoms with Crippen molar-refractivity contribution < 1.29 is 4.74 Å². The van der Waals surface area contributed by atoms with Gasteiger partial charge in [0.2, 0.25) is 0 Å². The number of fused-ring (bicyclic) bond motifs is 1. The SMILES string of the molecule is COc1ccc2c(ccn2C)c1. The van der Waals surface area contributed by atoms with Crippen LogP contribution < -0.4 is 4.74 Å². The van der Waals surface area contributed by atoms with Crippen molar-refractivity contribution in [3.8, 4) is 5.75 Å². The maximum absolute atomic E-state index is 5.12. The van der Waals surface area contributed by atoms with Gasteiger partial charge in [-0.2, -0.15) is 0 Å². The van der Waals surface area contributed by atoms with Crippen molar-refractivity contribution in [2.24, 2.45) is 7.05 Å². The molecular weight excluding hydrogens is 150 g/mol. The van der Waals surface area contributed by atoms with Crippen LogP contribution in [-0.4, -0.2) is 11.7 Å². The van der Waals surface area contributed by atoms with Crippen LogP contribution in [-0.2, 0) is 7.05 Å². The molecule has 1 aromatic carbocycles. The van der Waals surface area contributed by atoms with Crippen LogP contribution in [0.5, 0.6) is 5.75 Å². The topological polar surface area (TPSA) is 14.2 Å². The van der Waals surface area contributed by atoms with Crippen LogP contribution in [0.25, 0.3) is 10.9 Å². The molecule has 2 rings (SSSR count). The summed E-state index contributed by atoms with van der Waals surface area (Å²) in [7, 11) is 3.72. The number of hydrogen-bond acceptors (Lipinski definition) is 1. The molecule has 0 N–H and O–H groups in total. The Balaban J connectivity index is 2.69. The highest BCUT2D eigenvalue weighted by atomic mass is 16.5. The molecule has 12 heavy (non-hydrogen) atoms. The average molecular weight is 161 g/mol. The van der Waals surface area contributed by atoms with E-state index in [1.807, 2.05) is 25.4 Å². The smallest absolute Gasteiger partial charge is 0.119 e. The fourth-order valence-electron chi connectivity index (χ4n) is 1.39. The molecule has 0 radical (unpaired) electrons. The van der Waals surface area contributed by atoms with E-state index in [9.17, 15) is 0 Å². The van der Waals surface area contributed by atoms with Crippen LogP contribution >= 0.6 is 0 Å². The Hall–Kier alpha value is -1.44. The summed E-state index contributed by atoms with van der Waals surface area (Å²) in [6, 6.07) is 8.16. The third-order valence-corrected chi connectivity index (χ3v) is 2.09. The Labute approximate surface area is 71.4 Å². The fraction of sp³-hybridized carbons (Fsp3) is 0.200. The molecule has 0 atom stereocenters. The lowest BCUT2D eigenvalue weighted by atomic mass is 10.2. The first kappa shape index (κ1) is 7.22. The summed E-state index contributed by atoms with van der Waals surface area (Å²) in [6.45, 7) is 0. The minimum absolute atomic E-state index is 0.911. The number of aryl methyl sites for hydroxylation is 1. The second kappa shape index (κ2) is 2.55. The van der Waals surface area contributed by atoms with Crippen LogP contribution in [0.15, 0.2) is 30.5 Å². The van der Waals surface area contributed by atoms with Gasteiger partial charge < -0.3 is 9.30 Å². The highest BCUT2D eigenvalue weighted by molar-refractivity contribution is 5.81. The molecule has 2 heteroatoms. The fourth-order valence-corrected chi connectivity index (χ4v) is 1.39. The Morgan fingerprint density at radius 2 is 2.08 bits per heavy atom. The van der Waals surface area contributed by atoms with Crippen LogP contribution in [0.4, 0.5) is 0 Å². The van der Waals surface area contributed by atoms with E-state index in [1.54, 1.807) is 7.11 Å². The van der Waals surface area contributed by atoms with Crippen molar-refractivity contribution in [2.45, 2.75) is 0 Å². The van der Waals surface area contributed by atoms with E-state index in [1.165, 1.54) is 10.9 Å². The monoisotopic (exact) mass is 161 g/mol. The van der Waals surface area contributed by atoms with Crippen LogP contribution in [0.3, 0.4) is 0 Å². The number of hydrogen-bond donors (Lipinski definition) is 0. The van der Waals surface area contributed by atoms with E-state index in [-0.39, 0.29) is 0 Å². The number of methoxy groups -OCH3 is 1. The first-order valence-corrected chi connectivity index (χ1v) is 3.90. The van der Waals surface area contributed by atoms with E-state index in [0.29, 0.717) is 0 Å². The number of benzene rings is 1. The highest BCUT2D eigenvalue weighted by Crippen LogP contribution is 2.20. The molecule has 62 valence electrons. The molecule has 0 saturated heterocycles. The maximum atomic E-state index is 5.12. The third-order valence-electron chi connectivity index (χ3n) is 2.09. The third kappa shape index (κ3) is 0.961. The second-order valence-electron chi connectivity index (χ2n) is 2.85. The van der Waals surface area contributed by atoms with Gasteiger partial charge in [0.25, 0.3) is 0 Å². The zero-order chi connectivity index (χ0) is 8.55. The van der Waals surface area contributed by atoms with E-state index < -0.39 is 0 Å². The first-order valence-electron chi connectivity index (χ1n) is 3.90.